The average molecular weight is 849 g/mol. The van der Waals surface area contributed by atoms with Gasteiger partial charge in [0.1, 0.15) is 0 Å². The second-order valence-electron chi connectivity index (χ2n) is 16.4. The monoisotopic (exact) mass is 848 g/mol. The van der Waals surface area contributed by atoms with Crippen LogP contribution in [0.15, 0.2) is 243 Å². The van der Waals surface area contributed by atoms with Crippen LogP contribution >= 0.6 is 22.7 Å². The second kappa shape index (κ2) is 16.3. The van der Waals surface area contributed by atoms with Gasteiger partial charge in [-0.3, -0.25) is 0 Å². The maximum atomic E-state index is 2.33. The van der Waals surface area contributed by atoms with Crippen molar-refractivity contribution < 1.29 is 0 Å². The fourth-order valence-corrected chi connectivity index (χ4v) is 11.4. The normalized spacial score (nSPS) is 11.4. The highest BCUT2D eigenvalue weighted by Gasteiger charge is 2.24. The Kier molecular flexibility index (Phi) is 9.67. The van der Waals surface area contributed by atoms with Gasteiger partial charge in [-0.15, -0.1) is 22.7 Å². The van der Waals surface area contributed by atoms with Gasteiger partial charge in [-0.1, -0.05) is 206 Å². The van der Waals surface area contributed by atoms with Gasteiger partial charge in [0.05, 0.1) is 0 Å². The van der Waals surface area contributed by atoms with Crippen LogP contribution in [-0.4, -0.2) is 0 Å². The Morgan fingerprint density at radius 3 is 0.891 bits per heavy atom. The van der Waals surface area contributed by atoms with Crippen LogP contribution in [0.4, 0.5) is 0 Å². The van der Waals surface area contributed by atoms with Crippen molar-refractivity contribution in [2.24, 2.45) is 0 Å². The summed E-state index contributed by atoms with van der Waals surface area (Å²) in [5.74, 6) is 0. The first-order valence-electron chi connectivity index (χ1n) is 21.8. The molecule has 0 N–H and O–H groups in total. The Morgan fingerprint density at radius 1 is 0.188 bits per heavy atom. The van der Waals surface area contributed by atoms with Crippen molar-refractivity contribution in [3.63, 3.8) is 0 Å². The third-order valence-electron chi connectivity index (χ3n) is 12.5. The molecule has 0 fully saturated rings. The van der Waals surface area contributed by atoms with Crippen LogP contribution in [0, 0.1) is 0 Å². The predicted molar refractivity (Wildman–Crippen MR) is 278 cm³/mol. The lowest BCUT2D eigenvalue weighted by Gasteiger charge is -2.24. The van der Waals surface area contributed by atoms with Gasteiger partial charge in [0.15, 0.2) is 0 Å². The van der Waals surface area contributed by atoms with Gasteiger partial charge in [0.25, 0.3) is 0 Å². The molecule has 0 aliphatic heterocycles. The molecule has 0 bridgehead atoms. The molecule has 10 aromatic carbocycles. The molecule has 12 aromatic rings. The van der Waals surface area contributed by atoms with Crippen LogP contribution in [0.3, 0.4) is 0 Å². The predicted octanol–water partition coefficient (Wildman–Crippen LogP) is 18.6. The maximum Gasteiger partial charge on any atom is 0.0349 e. The Hall–Kier alpha value is -7.62. The highest BCUT2D eigenvalue weighted by molar-refractivity contribution is 7.19. The van der Waals surface area contributed by atoms with Crippen molar-refractivity contribution in [3.05, 3.63) is 243 Å². The van der Waals surface area contributed by atoms with E-state index in [1.807, 2.05) is 22.7 Å². The van der Waals surface area contributed by atoms with Crippen LogP contribution < -0.4 is 0 Å². The summed E-state index contributed by atoms with van der Waals surface area (Å²) in [6.45, 7) is 0. The third-order valence-corrected chi connectivity index (χ3v) is 14.9. The molecule has 0 amide bonds. The molecule has 0 spiro atoms. The standard InChI is InChI=1S/C62H40S2/c1-3-15-45(16-4-1)61-59(47-29-25-43(26-30-47)55-35-37-57(63-55)51-33-23-41-13-7-9-19-49(41)39-51)53-21-11-12-22-54(53)60(62(61)46-17-5-2-6-18-46)48-31-27-44(28-32-48)56-36-38-58(64-56)52-34-24-42-14-8-10-20-50(42)40-52/h1-40H. The molecule has 2 aromatic heterocycles. The summed E-state index contributed by atoms with van der Waals surface area (Å²) in [7, 11) is 0. The van der Waals surface area contributed by atoms with Gasteiger partial charge in [-0.05, 0) is 135 Å². The van der Waals surface area contributed by atoms with E-state index in [0.29, 0.717) is 0 Å². The third kappa shape index (κ3) is 6.94. The number of rotatable bonds is 8. The molecule has 0 nitrogen and oxygen atoms in total. The highest BCUT2D eigenvalue weighted by atomic mass is 32.1. The van der Waals surface area contributed by atoms with Crippen molar-refractivity contribution in [3.8, 4) is 86.3 Å². The van der Waals surface area contributed by atoms with E-state index in [1.165, 1.54) is 119 Å². The fourth-order valence-electron chi connectivity index (χ4n) is 9.41. The molecule has 0 aliphatic rings. The summed E-state index contributed by atoms with van der Waals surface area (Å²) in [4.78, 5) is 5.08. The molecule has 12 rings (SSSR count). The van der Waals surface area contributed by atoms with Crippen molar-refractivity contribution in [2.75, 3.05) is 0 Å². The van der Waals surface area contributed by atoms with E-state index in [1.54, 1.807) is 0 Å². The first kappa shape index (κ1) is 38.1. The van der Waals surface area contributed by atoms with E-state index in [4.69, 9.17) is 0 Å². The molecule has 2 heterocycles. The lowest BCUT2D eigenvalue weighted by molar-refractivity contribution is 1.57. The Labute approximate surface area is 381 Å². The first-order valence-corrected chi connectivity index (χ1v) is 23.4. The van der Waals surface area contributed by atoms with E-state index in [9.17, 15) is 0 Å². The molecule has 64 heavy (non-hydrogen) atoms. The number of hydrogen-bond donors (Lipinski definition) is 0. The molecule has 0 atom stereocenters. The van der Waals surface area contributed by atoms with Gasteiger partial charge >= 0.3 is 0 Å². The van der Waals surface area contributed by atoms with Crippen LogP contribution in [0.1, 0.15) is 0 Å². The summed E-state index contributed by atoms with van der Waals surface area (Å²) in [6.07, 6.45) is 0. The number of hydrogen-bond acceptors (Lipinski definition) is 2. The first-order chi connectivity index (χ1) is 31.7. The lowest BCUT2D eigenvalue weighted by atomic mass is 9.79. The molecular formula is C62H40S2. The van der Waals surface area contributed by atoms with Gasteiger partial charge < -0.3 is 0 Å². The van der Waals surface area contributed by atoms with Crippen LogP contribution in [0.5, 0.6) is 0 Å². The van der Waals surface area contributed by atoms with Crippen LogP contribution in [-0.2, 0) is 0 Å². The smallest absolute Gasteiger partial charge is 0.0349 e. The molecule has 0 saturated heterocycles. The summed E-state index contributed by atoms with van der Waals surface area (Å²) in [6, 6.07) is 89.3. The largest absolute Gasteiger partial charge is 0.135 e. The van der Waals surface area contributed by atoms with E-state index >= 15 is 0 Å². The fraction of sp³-hybridized carbons (Fsp3) is 0. The van der Waals surface area contributed by atoms with E-state index in [-0.39, 0.29) is 0 Å². The van der Waals surface area contributed by atoms with Gasteiger partial charge in [0.2, 0.25) is 0 Å². The molecule has 2 heteroatoms. The Morgan fingerprint density at radius 2 is 0.484 bits per heavy atom. The van der Waals surface area contributed by atoms with Crippen molar-refractivity contribution in [2.45, 2.75) is 0 Å². The zero-order chi connectivity index (χ0) is 42.4. The number of thiophene rings is 2. The van der Waals surface area contributed by atoms with Crippen LogP contribution in [0.25, 0.3) is 119 Å². The topological polar surface area (TPSA) is 0 Å². The Bertz CT molecular complexity index is 3390. The molecule has 0 saturated carbocycles. The van der Waals surface area contributed by atoms with Crippen molar-refractivity contribution in [1.29, 1.82) is 0 Å². The summed E-state index contributed by atoms with van der Waals surface area (Å²) < 4.78 is 0. The number of benzene rings is 10. The van der Waals surface area contributed by atoms with E-state index in [0.717, 1.165) is 0 Å². The van der Waals surface area contributed by atoms with Gasteiger partial charge in [-0.25, -0.2) is 0 Å². The van der Waals surface area contributed by atoms with E-state index < -0.39 is 0 Å². The highest BCUT2D eigenvalue weighted by Crippen LogP contribution is 2.51. The Balaban J connectivity index is 0.979. The van der Waals surface area contributed by atoms with E-state index in [2.05, 4.69) is 243 Å². The zero-order valence-electron chi connectivity index (χ0n) is 34.9. The quantitative estimate of drug-likeness (QED) is 0.143. The minimum Gasteiger partial charge on any atom is -0.135 e. The van der Waals surface area contributed by atoms with Crippen molar-refractivity contribution >= 4 is 55.0 Å². The molecule has 0 radical (unpaired) electrons. The molecule has 300 valence electrons. The molecular weight excluding hydrogens is 809 g/mol. The molecule has 0 unspecified atom stereocenters. The SMILES string of the molecule is c1ccc(-c2c(-c3ccccc3)c(-c3ccc(-c4ccc(-c5ccc6ccccc6c5)s4)cc3)c3ccccc3c2-c2ccc(-c3ccc(-c4ccc5ccccc5c4)s3)cc2)cc1. The zero-order valence-corrected chi connectivity index (χ0v) is 36.5. The molecule has 0 aliphatic carbocycles. The second-order valence-corrected chi connectivity index (χ2v) is 18.6. The van der Waals surface area contributed by atoms with Crippen LogP contribution in [0.2, 0.25) is 0 Å². The summed E-state index contributed by atoms with van der Waals surface area (Å²) >= 11 is 3.70. The van der Waals surface area contributed by atoms with Gasteiger partial charge in [0, 0.05) is 19.5 Å². The number of fused-ring (bicyclic) bond motifs is 3. The minimum absolute atomic E-state index is 1.20. The van der Waals surface area contributed by atoms with Gasteiger partial charge in [-0.2, -0.15) is 0 Å². The lowest BCUT2D eigenvalue weighted by Crippen LogP contribution is -1.97. The summed E-state index contributed by atoms with van der Waals surface area (Å²) in [5.41, 5.74) is 14.7. The summed E-state index contributed by atoms with van der Waals surface area (Å²) in [5, 5.41) is 7.54. The maximum absolute atomic E-state index is 2.33. The average Bonchev–Trinajstić information content (AvgIpc) is 4.08. The van der Waals surface area contributed by atoms with Crippen molar-refractivity contribution in [1.82, 2.24) is 0 Å². The minimum atomic E-state index is 1.20.